The van der Waals surface area contributed by atoms with Crippen molar-refractivity contribution in [1.82, 2.24) is 10.3 Å². The van der Waals surface area contributed by atoms with E-state index < -0.39 is 0 Å². The van der Waals surface area contributed by atoms with Crippen LogP contribution in [-0.4, -0.2) is 17.5 Å². The lowest BCUT2D eigenvalue weighted by Gasteiger charge is -2.27. The molecule has 1 amide bonds. The Balaban J connectivity index is 1.58. The molecule has 1 aliphatic rings. The normalized spacial score (nSPS) is 15.3. The third-order valence-electron chi connectivity index (χ3n) is 4.46. The van der Waals surface area contributed by atoms with Gasteiger partial charge in [-0.05, 0) is 48.5 Å². The summed E-state index contributed by atoms with van der Waals surface area (Å²) in [5, 5.41) is 6.08. The zero-order chi connectivity index (χ0) is 19.5. The molecule has 1 atom stereocenters. The molecule has 0 spiro atoms. The average molecular weight is 442 g/mol. The molecule has 7 heteroatoms. The number of benzene rings is 2. The number of halogens is 2. The highest BCUT2D eigenvalue weighted by Gasteiger charge is 2.25. The van der Waals surface area contributed by atoms with Crippen LogP contribution in [-0.2, 0) is 0 Å². The minimum atomic E-state index is -0.365. The highest BCUT2D eigenvalue weighted by Crippen LogP contribution is 2.34. The topological polar surface area (TPSA) is 63.2 Å². The first kappa shape index (κ1) is 18.4. The van der Waals surface area contributed by atoms with Crippen molar-refractivity contribution in [3.05, 3.63) is 82.2 Å². The van der Waals surface area contributed by atoms with E-state index in [2.05, 4.69) is 31.5 Å². The van der Waals surface area contributed by atoms with E-state index in [1.54, 1.807) is 30.5 Å². The van der Waals surface area contributed by atoms with Gasteiger partial charge in [0.05, 0.1) is 18.2 Å². The molecule has 5 nitrogen and oxygen atoms in total. The van der Waals surface area contributed by atoms with Crippen LogP contribution in [0.5, 0.6) is 5.75 Å². The Hall–Kier alpha value is -2.93. The minimum Gasteiger partial charge on any atom is -0.493 e. The number of carbonyl (C=O) groups excluding carboxylic acids is 1. The van der Waals surface area contributed by atoms with Crippen LogP contribution in [0.1, 0.15) is 28.4 Å². The first-order valence-electron chi connectivity index (χ1n) is 8.81. The minimum absolute atomic E-state index is 0.170. The summed E-state index contributed by atoms with van der Waals surface area (Å²) in [6.45, 7) is 0.529. The fraction of sp³-hybridized carbons (Fsp3) is 0.143. The molecule has 0 saturated carbocycles. The first-order valence-corrected chi connectivity index (χ1v) is 9.60. The molecular weight excluding hydrogens is 425 g/mol. The van der Waals surface area contributed by atoms with Gasteiger partial charge in [-0.15, -0.1) is 0 Å². The van der Waals surface area contributed by atoms with Gasteiger partial charge in [-0.1, -0.05) is 22.0 Å². The summed E-state index contributed by atoms with van der Waals surface area (Å²) in [4.78, 5) is 17.2. The monoisotopic (exact) mass is 441 g/mol. The number of aromatic nitrogens is 1. The zero-order valence-corrected chi connectivity index (χ0v) is 16.4. The van der Waals surface area contributed by atoms with E-state index in [0.717, 1.165) is 15.8 Å². The maximum Gasteiger partial charge on any atom is 0.255 e. The summed E-state index contributed by atoms with van der Waals surface area (Å²) in [6.07, 6.45) is 2.25. The van der Waals surface area contributed by atoms with Gasteiger partial charge >= 0.3 is 0 Å². The van der Waals surface area contributed by atoms with E-state index in [1.807, 2.05) is 18.2 Å². The van der Waals surface area contributed by atoms with Crippen molar-refractivity contribution in [2.45, 2.75) is 12.5 Å². The zero-order valence-electron chi connectivity index (χ0n) is 14.8. The maximum atomic E-state index is 13.5. The molecule has 0 saturated heterocycles. The molecule has 0 bridgehead atoms. The van der Waals surface area contributed by atoms with Gasteiger partial charge in [0.2, 0.25) is 0 Å². The van der Waals surface area contributed by atoms with Crippen LogP contribution in [0.25, 0.3) is 0 Å². The molecule has 142 valence electrons. The van der Waals surface area contributed by atoms with Gasteiger partial charge < -0.3 is 15.4 Å². The Kier molecular flexibility index (Phi) is 5.25. The molecule has 3 aromatic rings. The second-order valence-corrected chi connectivity index (χ2v) is 7.30. The second kappa shape index (κ2) is 7.98. The van der Waals surface area contributed by atoms with Crippen molar-refractivity contribution < 1.29 is 13.9 Å². The van der Waals surface area contributed by atoms with E-state index in [0.29, 0.717) is 30.1 Å². The molecule has 0 aliphatic carbocycles. The van der Waals surface area contributed by atoms with Crippen LogP contribution in [0.2, 0.25) is 0 Å². The Morgan fingerprint density at radius 1 is 1.18 bits per heavy atom. The van der Waals surface area contributed by atoms with Gasteiger partial charge in [-0.2, -0.15) is 0 Å². The van der Waals surface area contributed by atoms with Crippen molar-refractivity contribution >= 4 is 33.3 Å². The van der Waals surface area contributed by atoms with Gasteiger partial charge in [0.15, 0.2) is 0 Å². The number of hydrogen-bond donors (Lipinski definition) is 2. The molecule has 1 unspecified atom stereocenters. The number of carbonyl (C=O) groups is 1. The molecule has 2 N–H and O–H groups in total. The average Bonchev–Trinajstić information content (AvgIpc) is 2.69. The number of pyridine rings is 1. The summed E-state index contributed by atoms with van der Waals surface area (Å²) >= 11 is 3.46. The highest BCUT2D eigenvalue weighted by atomic mass is 79.9. The van der Waals surface area contributed by atoms with Gasteiger partial charge in [0.25, 0.3) is 5.91 Å². The van der Waals surface area contributed by atoms with Crippen molar-refractivity contribution in [3.63, 3.8) is 0 Å². The Morgan fingerprint density at radius 3 is 2.93 bits per heavy atom. The number of anilines is 2. The molecular formula is C21H17BrFN3O2. The van der Waals surface area contributed by atoms with Crippen LogP contribution in [0.4, 0.5) is 15.9 Å². The predicted octanol–water partition coefficient (Wildman–Crippen LogP) is 4.98. The molecule has 0 radical (unpaired) electrons. The third kappa shape index (κ3) is 3.99. The fourth-order valence-corrected chi connectivity index (χ4v) is 3.52. The number of ether oxygens (including phenoxy) is 1. The second-order valence-electron chi connectivity index (χ2n) is 6.38. The lowest BCUT2D eigenvalue weighted by Crippen LogP contribution is -2.32. The molecule has 2 aromatic carbocycles. The molecule has 0 fully saturated rings. The molecule has 2 heterocycles. The lowest BCUT2D eigenvalue weighted by molar-refractivity contribution is 0.0925. The van der Waals surface area contributed by atoms with Gasteiger partial charge in [0.1, 0.15) is 17.4 Å². The first-order chi connectivity index (χ1) is 13.6. The number of nitrogens with one attached hydrogen (secondary N) is 2. The smallest absolute Gasteiger partial charge is 0.255 e. The maximum absolute atomic E-state index is 13.5. The van der Waals surface area contributed by atoms with E-state index in [1.165, 1.54) is 12.1 Å². The number of amides is 1. The summed E-state index contributed by atoms with van der Waals surface area (Å²) < 4.78 is 20.1. The fourth-order valence-electron chi connectivity index (χ4n) is 3.14. The predicted molar refractivity (Wildman–Crippen MR) is 108 cm³/mol. The number of nitrogens with zero attached hydrogens (tertiary/aromatic N) is 1. The van der Waals surface area contributed by atoms with Crippen LogP contribution in [0.15, 0.2) is 65.3 Å². The standard InChI is InChI=1S/C21H17BrFN3O2/c22-13-6-7-19-17(11-13)18(8-10-28-19)26-21(27)16-5-2-9-24-20(16)25-15-4-1-3-14(23)12-15/h1-7,9,11-12,18H,8,10H2,(H,24,25)(H,26,27). The Labute approximate surface area is 170 Å². The van der Waals surface area contributed by atoms with E-state index in [4.69, 9.17) is 4.74 Å². The van der Waals surface area contributed by atoms with E-state index in [-0.39, 0.29) is 17.8 Å². The van der Waals surface area contributed by atoms with Gasteiger partial charge in [-0.25, -0.2) is 9.37 Å². The Morgan fingerprint density at radius 2 is 2.07 bits per heavy atom. The third-order valence-corrected chi connectivity index (χ3v) is 4.95. The largest absolute Gasteiger partial charge is 0.493 e. The number of rotatable bonds is 4. The molecule has 4 rings (SSSR count). The van der Waals surface area contributed by atoms with Gasteiger partial charge in [0, 0.05) is 28.3 Å². The number of fused-ring (bicyclic) bond motifs is 1. The molecule has 1 aromatic heterocycles. The van der Waals surface area contributed by atoms with Crippen molar-refractivity contribution in [2.24, 2.45) is 0 Å². The number of hydrogen-bond acceptors (Lipinski definition) is 4. The van der Waals surface area contributed by atoms with E-state index >= 15 is 0 Å². The Bertz CT molecular complexity index is 1030. The summed E-state index contributed by atoms with van der Waals surface area (Å²) in [7, 11) is 0. The van der Waals surface area contributed by atoms with Crippen molar-refractivity contribution in [3.8, 4) is 5.75 Å². The van der Waals surface area contributed by atoms with Crippen LogP contribution in [0, 0.1) is 5.82 Å². The molecule has 1 aliphatic heterocycles. The SMILES string of the molecule is O=C(NC1CCOc2ccc(Br)cc21)c1cccnc1Nc1cccc(F)c1. The van der Waals surface area contributed by atoms with Crippen LogP contribution >= 0.6 is 15.9 Å². The van der Waals surface area contributed by atoms with Crippen molar-refractivity contribution in [2.75, 3.05) is 11.9 Å². The van der Waals surface area contributed by atoms with Crippen molar-refractivity contribution in [1.29, 1.82) is 0 Å². The van der Waals surface area contributed by atoms with Gasteiger partial charge in [-0.3, -0.25) is 4.79 Å². The van der Waals surface area contributed by atoms with E-state index in [9.17, 15) is 9.18 Å². The molecule has 28 heavy (non-hydrogen) atoms. The summed E-state index contributed by atoms with van der Waals surface area (Å²) in [6, 6.07) is 15.0. The summed E-state index contributed by atoms with van der Waals surface area (Å²) in [5.41, 5.74) is 1.83. The highest BCUT2D eigenvalue weighted by molar-refractivity contribution is 9.10. The lowest BCUT2D eigenvalue weighted by atomic mass is 10.00. The van der Waals surface area contributed by atoms with Crippen LogP contribution < -0.4 is 15.4 Å². The summed E-state index contributed by atoms with van der Waals surface area (Å²) in [5.74, 6) is 0.511. The van der Waals surface area contributed by atoms with Crippen LogP contribution in [0.3, 0.4) is 0 Å². The quantitative estimate of drug-likeness (QED) is 0.599.